The second-order valence-corrected chi connectivity index (χ2v) is 4.35. The van der Waals surface area contributed by atoms with Crippen LogP contribution in [0.3, 0.4) is 0 Å². The minimum absolute atomic E-state index is 0.0655. The Bertz CT molecular complexity index is 528. The summed E-state index contributed by atoms with van der Waals surface area (Å²) in [6.07, 6.45) is 3.40. The van der Waals surface area contributed by atoms with E-state index < -0.39 is 12.0 Å². The van der Waals surface area contributed by atoms with Gasteiger partial charge in [-0.15, -0.1) is 0 Å². The molecule has 0 fully saturated rings. The summed E-state index contributed by atoms with van der Waals surface area (Å²) in [5, 5.41) is 12.5. The lowest BCUT2D eigenvalue weighted by Crippen LogP contribution is -2.30. The number of carboxylic acid groups (broad SMARTS) is 1. The van der Waals surface area contributed by atoms with Crippen LogP contribution in [-0.2, 0) is 4.79 Å². The van der Waals surface area contributed by atoms with Crippen molar-refractivity contribution in [3.8, 4) is 0 Å². The van der Waals surface area contributed by atoms with E-state index in [0.29, 0.717) is 0 Å². The van der Waals surface area contributed by atoms with Crippen LogP contribution in [0.1, 0.15) is 30.1 Å². The van der Waals surface area contributed by atoms with Crippen LogP contribution in [0.5, 0.6) is 0 Å². The van der Waals surface area contributed by atoms with Crippen LogP contribution in [0.2, 0.25) is 0 Å². The molecule has 0 saturated heterocycles. The lowest BCUT2D eigenvalue weighted by molar-refractivity contribution is -0.139. The molecule has 1 unspecified atom stereocenters. The third kappa shape index (κ3) is 3.39. The first-order valence-corrected chi connectivity index (χ1v) is 6.12. The normalized spacial score (nSPS) is 13.7. The van der Waals surface area contributed by atoms with E-state index in [4.69, 9.17) is 0 Å². The van der Waals surface area contributed by atoms with Gasteiger partial charge in [0, 0.05) is 18.4 Å². The summed E-state index contributed by atoms with van der Waals surface area (Å²) in [5.41, 5.74) is 1.76. The summed E-state index contributed by atoms with van der Waals surface area (Å²) in [7, 11) is 0. The Hall–Kier alpha value is -2.20. The maximum absolute atomic E-state index is 11.4. The Balaban J connectivity index is 2.16. The number of aromatic nitrogens is 1. The predicted molar refractivity (Wildman–Crippen MR) is 72.6 cm³/mol. The summed E-state index contributed by atoms with van der Waals surface area (Å²) in [4.78, 5) is 15.3. The van der Waals surface area contributed by atoms with Crippen molar-refractivity contribution in [2.45, 2.75) is 19.0 Å². The Labute approximate surface area is 112 Å². The quantitative estimate of drug-likeness (QED) is 0.863. The van der Waals surface area contributed by atoms with Gasteiger partial charge in [-0.3, -0.25) is 15.1 Å². The monoisotopic (exact) mass is 256 g/mol. The van der Waals surface area contributed by atoms with Gasteiger partial charge in [0.05, 0.1) is 0 Å². The summed E-state index contributed by atoms with van der Waals surface area (Å²) in [5.74, 6) is -0.882. The first kappa shape index (κ1) is 13.2. The lowest BCUT2D eigenvalue weighted by atomic mass is 10.0. The number of nitrogens with one attached hydrogen (secondary N) is 1. The summed E-state index contributed by atoms with van der Waals surface area (Å²) >= 11 is 0. The molecule has 1 heterocycles. The number of pyridine rings is 1. The zero-order valence-corrected chi connectivity index (χ0v) is 10.7. The molecule has 0 aliphatic carbocycles. The van der Waals surface area contributed by atoms with E-state index in [2.05, 4.69) is 10.3 Å². The molecule has 19 heavy (non-hydrogen) atoms. The Morgan fingerprint density at radius 3 is 2.32 bits per heavy atom. The average Bonchev–Trinajstić information content (AvgIpc) is 2.46. The van der Waals surface area contributed by atoms with E-state index >= 15 is 0 Å². The first-order chi connectivity index (χ1) is 9.18. The van der Waals surface area contributed by atoms with Crippen LogP contribution < -0.4 is 5.32 Å². The van der Waals surface area contributed by atoms with Crippen LogP contribution >= 0.6 is 0 Å². The molecule has 0 saturated carbocycles. The van der Waals surface area contributed by atoms with E-state index in [0.717, 1.165) is 11.1 Å². The van der Waals surface area contributed by atoms with Gasteiger partial charge in [0.2, 0.25) is 0 Å². The number of hydrogen-bond donors (Lipinski definition) is 2. The highest BCUT2D eigenvalue weighted by atomic mass is 16.4. The van der Waals surface area contributed by atoms with Crippen molar-refractivity contribution in [2.75, 3.05) is 0 Å². The number of rotatable bonds is 5. The van der Waals surface area contributed by atoms with Gasteiger partial charge in [-0.2, -0.15) is 0 Å². The number of carboxylic acids is 1. The summed E-state index contributed by atoms with van der Waals surface area (Å²) < 4.78 is 0. The fraction of sp³-hybridized carbons (Fsp3) is 0.200. The largest absolute Gasteiger partial charge is 0.480 e. The molecule has 2 aromatic rings. The van der Waals surface area contributed by atoms with Crippen molar-refractivity contribution in [2.24, 2.45) is 0 Å². The lowest BCUT2D eigenvalue weighted by Gasteiger charge is -2.20. The van der Waals surface area contributed by atoms with Crippen molar-refractivity contribution < 1.29 is 9.90 Å². The molecule has 0 bridgehead atoms. The molecule has 4 heteroatoms. The highest BCUT2D eigenvalue weighted by Gasteiger charge is 2.21. The highest BCUT2D eigenvalue weighted by molar-refractivity contribution is 5.75. The van der Waals surface area contributed by atoms with Gasteiger partial charge in [-0.1, -0.05) is 30.3 Å². The molecule has 0 spiro atoms. The Morgan fingerprint density at radius 1 is 1.11 bits per heavy atom. The molecule has 0 aliphatic rings. The van der Waals surface area contributed by atoms with Gasteiger partial charge in [-0.05, 0) is 30.2 Å². The van der Waals surface area contributed by atoms with Crippen LogP contribution in [0.4, 0.5) is 0 Å². The van der Waals surface area contributed by atoms with Gasteiger partial charge in [0.15, 0.2) is 0 Å². The summed E-state index contributed by atoms with van der Waals surface area (Å²) in [6, 6.07) is 12.1. The molecule has 98 valence electrons. The molecular formula is C15H16N2O2. The highest BCUT2D eigenvalue weighted by Crippen LogP contribution is 2.19. The van der Waals surface area contributed by atoms with Crippen molar-refractivity contribution in [1.29, 1.82) is 0 Å². The fourth-order valence-corrected chi connectivity index (χ4v) is 1.95. The molecule has 4 nitrogen and oxygen atoms in total. The number of carbonyl (C=O) groups is 1. The smallest absolute Gasteiger partial charge is 0.325 e. The molecule has 1 aromatic carbocycles. The maximum Gasteiger partial charge on any atom is 0.325 e. The number of aliphatic carboxylic acids is 1. The van der Waals surface area contributed by atoms with Crippen molar-refractivity contribution >= 4 is 5.97 Å². The molecule has 1 aromatic heterocycles. The van der Waals surface area contributed by atoms with Gasteiger partial charge in [-0.25, -0.2) is 0 Å². The van der Waals surface area contributed by atoms with E-state index in [1.54, 1.807) is 12.4 Å². The second kappa shape index (κ2) is 6.11. The molecular weight excluding hydrogens is 240 g/mol. The Morgan fingerprint density at radius 2 is 1.74 bits per heavy atom. The van der Waals surface area contributed by atoms with Crippen molar-refractivity contribution in [3.63, 3.8) is 0 Å². The van der Waals surface area contributed by atoms with E-state index in [1.807, 2.05) is 49.4 Å². The van der Waals surface area contributed by atoms with E-state index in [9.17, 15) is 9.90 Å². The van der Waals surface area contributed by atoms with Crippen molar-refractivity contribution in [3.05, 3.63) is 66.0 Å². The van der Waals surface area contributed by atoms with E-state index in [-0.39, 0.29) is 6.04 Å². The zero-order chi connectivity index (χ0) is 13.7. The van der Waals surface area contributed by atoms with E-state index in [1.165, 1.54) is 0 Å². The molecule has 2 rings (SSSR count). The van der Waals surface area contributed by atoms with Gasteiger partial charge in [0.1, 0.15) is 6.04 Å². The number of hydrogen-bond acceptors (Lipinski definition) is 3. The topological polar surface area (TPSA) is 62.2 Å². The first-order valence-electron chi connectivity index (χ1n) is 6.12. The van der Waals surface area contributed by atoms with Crippen LogP contribution in [0, 0.1) is 0 Å². The number of nitrogens with zero attached hydrogens (tertiary/aromatic N) is 1. The molecule has 0 aliphatic heterocycles. The fourth-order valence-electron chi connectivity index (χ4n) is 1.95. The van der Waals surface area contributed by atoms with Crippen LogP contribution in [0.25, 0.3) is 0 Å². The summed E-state index contributed by atoms with van der Waals surface area (Å²) in [6.45, 7) is 1.94. The molecule has 0 amide bonds. The number of benzene rings is 1. The minimum Gasteiger partial charge on any atom is -0.480 e. The van der Waals surface area contributed by atoms with Gasteiger partial charge >= 0.3 is 5.97 Å². The maximum atomic E-state index is 11.4. The predicted octanol–water partition coefficient (Wildman–Crippen LogP) is 2.56. The molecule has 2 atom stereocenters. The second-order valence-electron chi connectivity index (χ2n) is 4.35. The van der Waals surface area contributed by atoms with Crippen LogP contribution in [0.15, 0.2) is 54.9 Å². The molecule has 0 radical (unpaired) electrons. The van der Waals surface area contributed by atoms with Crippen LogP contribution in [-0.4, -0.2) is 16.1 Å². The Kier molecular flexibility index (Phi) is 4.26. The third-order valence-electron chi connectivity index (χ3n) is 3.00. The zero-order valence-electron chi connectivity index (χ0n) is 10.7. The standard InChI is InChI=1S/C15H16N2O2/c1-11(12-7-9-16-10-8-12)17-14(15(18)19)13-5-3-2-4-6-13/h2-11,14,17H,1H3,(H,18,19)/t11-,14?/m0/s1. The minimum atomic E-state index is -0.882. The third-order valence-corrected chi connectivity index (χ3v) is 3.00. The van der Waals surface area contributed by atoms with Gasteiger partial charge in [0.25, 0.3) is 0 Å². The van der Waals surface area contributed by atoms with Gasteiger partial charge < -0.3 is 5.11 Å². The SMILES string of the molecule is C[C@H](NC(C(=O)O)c1ccccc1)c1ccncc1. The molecule has 2 N–H and O–H groups in total. The average molecular weight is 256 g/mol. The van der Waals surface area contributed by atoms with Crippen molar-refractivity contribution in [1.82, 2.24) is 10.3 Å².